The minimum Gasteiger partial charge on any atom is -0.467 e. The number of nitriles is 1. The van der Waals surface area contributed by atoms with E-state index in [4.69, 9.17) is 24.4 Å². The van der Waals surface area contributed by atoms with Crippen molar-refractivity contribution in [2.24, 2.45) is 0 Å². The third-order valence-electron chi connectivity index (χ3n) is 6.84. The lowest BCUT2D eigenvalue weighted by Crippen LogP contribution is -2.40. The first kappa shape index (κ1) is 27.7. The van der Waals surface area contributed by atoms with Gasteiger partial charge in [0.15, 0.2) is 0 Å². The minimum atomic E-state index is -0.467. The van der Waals surface area contributed by atoms with Gasteiger partial charge in [0.05, 0.1) is 61.2 Å². The van der Waals surface area contributed by atoms with Gasteiger partial charge in [-0.05, 0) is 50.6 Å². The Kier molecular flexibility index (Phi) is 8.45. The number of methoxy groups -OCH3 is 1. The predicted molar refractivity (Wildman–Crippen MR) is 152 cm³/mol. The lowest BCUT2D eigenvalue weighted by Gasteiger charge is -2.27. The fraction of sp³-hybridized carbons (Fsp3) is 0.345. The number of pyridine rings is 1. The Hall–Kier alpha value is -4.89. The highest BCUT2D eigenvalue weighted by molar-refractivity contribution is 5.79. The molecule has 0 radical (unpaired) electrons. The Balaban J connectivity index is 1.42. The van der Waals surface area contributed by atoms with Crippen molar-refractivity contribution in [2.75, 3.05) is 37.1 Å². The number of likely N-dealkylation sites (N-methyl/N-ethyl adjacent to an activating group) is 1. The number of hydrogen-bond donors (Lipinski definition) is 1. The van der Waals surface area contributed by atoms with Crippen LogP contribution in [0.25, 0.3) is 22.6 Å². The Morgan fingerprint density at radius 2 is 2.02 bits per heavy atom. The van der Waals surface area contributed by atoms with Crippen LogP contribution in [0.2, 0.25) is 0 Å². The second-order valence-electron chi connectivity index (χ2n) is 9.63. The average molecular weight is 554 g/mol. The van der Waals surface area contributed by atoms with Gasteiger partial charge >= 0.3 is 5.97 Å². The molecule has 2 atom stereocenters. The fourth-order valence-electron chi connectivity index (χ4n) is 4.68. The summed E-state index contributed by atoms with van der Waals surface area (Å²) in [6, 6.07) is 16.6. The molecule has 1 saturated heterocycles. The number of esters is 1. The number of carbonyl (C=O) groups is 1. The highest BCUT2D eigenvalue weighted by Gasteiger charge is 2.22. The van der Waals surface area contributed by atoms with Crippen molar-refractivity contribution in [1.29, 1.82) is 5.26 Å². The van der Waals surface area contributed by atoms with E-state index in [0.29, 0.717) is 60.7 Å². The molecule has 1 aliphatic rings. The van der Waals surface area contributed by atoms with Crippen LogP contribution in [0.15, 0.2) is 54.7 Å². The summed E-state index contributed by atoms with van der Waals surface area (Å²) in [5, 5.41) is 21.4. The smallest absolute Gasteiger partial charge is 0.328 e. The molecule has 0 spiro atoms. The highest BCUT2D eigenvalue weighted by Crippen LogP contribution is 2.26. The quantitative estimate of drug-likeness (QED) is 0.289. The Labute approximate surface area is 238 Å². The predicted octanol–water partition coefficient (Wildman–Crippen LogP) is 3.31. The molecule has 1 unspecified atom stereocenters. The van der Waals surface area contributed by atoms with Crippen molar-refractivity contribution in [3.8, 4) is 28.7 Å². The molecule has 210 valence electrons. The van der Waals surface area contributed by atoms with Crippen molar-refractivity contribution < 1.29 is 14.3 Å². The number of nitrogens with zero attached hydrogens (tertiary/aromatic N) is 8. The van der Waals surface area contributed by atoms with Crippen molar-refractivity contribution in [2.45, 2.75) is 38.9 Å². The monoisotopic (exact) mass is 553 g/mol. The van der Waals surface area contributed by atoms with Gasteiger partial charge in [0.2, 0.25) is 5.95 Å². The molecule has 41 heavy (non-hydrogen) atoms. The highest BCUT2D eigenvalue weighted by atomic mass is 16.5. The van der Waals surface area contributed by atoms with E-state index in [-0.39, 0.29) is 12.0 Å². The summed E-state index contributed by atoms with van der Waals surface area (Å²) in [4.78, 5) is 28.2. The maximum Gasteiger partial charge on any atom is 0.328 e. The van der Waals surface area contributed by atoms with Gasteiger partial charge in [-0.25, -0.2) is 24.4 Å². The number of ether oxygens (including phenoxy) is 2. The van der Waals surface area contributed by atoms with Gasteiger partial charge in [-0.2, -0.15) is 5.26 Å². The zero-order valence-electron chi connectivity index (χ0n) is 23.2. The standard InChI is InChI=1S/C29H31N9O3/c1-4-38(19(2)28(39)40-3)27-10-6-9-22(31-27)16-37-17-26(35-36-37)25-14-24(21-8-5-7-20(13-21)15-30)33-29(34-25)32-23-11-12-41-18-23/h5-10,13-14,17,19,23H,4,11-12,16,18H2,1-3H3,(H,32,33,34)/t19-,23?/m1/s1. The van der Waals surface area contributed by atoms with Crippen molar-refractivity contribution >= 4 is 17.7 Å². The lowest BCUT2D eigenvalue weighted by molar-refractivity contribution is -0.141. The zero-order chi connectivity index (χ0) is 28.8. The van der Waals surface area contributed by atoms with E-state index in [2.05, 4.69) is 21.7 Å². The fourth-order valence-corrected chi connectivity index (χ4v) is 4.68. The second-order valence-corrected chi connectivity index (χ2v) is 9.63. The topological polar surface area (TPSA) is 144 Å². The SMILES string of the molecule is CCN(c1cccc(Cn2cc(-c3cc(-c4cccc(C#N)c4)nc(NC4CCOC4)n3)nn2)n1)[C@H](C)C(=O)OC. The molecule has 4 aromatic rings. The van der Waals surface area contributed by atoms with Gasteiger partial charge in [-0.3, -0.25) is 0 Å². The molecule has 0 bridgehead atoms. The van der Waals surface area contributed by atoms with Crippen LogP contribution in [-0.2, 0) is 20.8 Å². The summed E-state index contributed by atoms with van der Waals surface area (Å²) in [6.07, 6.45) is 2.67. The lowest BCUT2D eigenvalue weighted by atomic mass is 10.1. The molecule has 0 amide bonds. The second kappa shape index (κ2) is 12.5. The number of rotatable bonds is 10. The van der Waals surface area contributed by atoms with Crippen LogP contribution in [0.4, 0.5) is 11.8 Å². The van der Waals surface area contributed by atoms with Gasteiger partial charge in [0, 0.05) is 18.7 Å². The number of hydrogen-bond acceptors (Lipinski definition) is 11. The van der Waals surface area contributed by atoms with Crippen LogP contribution in [0.3, 0.4) is 0 Å². The molecule has 1 fully saturated rings. The van der Waals surface area contributed by atoms with E-state index in [1.165, 1.54) is 7.11 Å². The maximum absolute atomic E-state index is 12.1. The molecule has 1 N–H and O–H groups in total. The first-order valence-corrected chi connectivity index (χ1v) is 13.4. The molecule has 3 aromatic heterocycles. The Bertz CT molecular complexity index is 1560. The van der Waals surface area contributed by atoms with Crippen molar-refractivity contribution in [1.82, 2.24) is 29.9 Å². The van der Waals surface area contributed by atoms with Crippen LogP contribution in [-0.4, -0.2) is 74.9 Å². The van der Waals surface area contributed by atoms with E-state index in [0.717, 1.165) is 17.7 Å². The third-order valence-corrected chi connectivity index (χ3v) is 6.84. The molecular weight excluding hydrogens is 522 g/mol. The number of carbonyl (C=O) groups excluding carboxylic acids is 1. The number of aromatic nitrogens is 6. The van der Waals surface area contributed by atoms with Gasteiger partial charge in [-0.15, -0.1) is 5.10 Å². The van der Waals surface area contributed by atoms with E-state index in [9.17, 15) is 10.1 Å². The molecule has 12 nitrogen and oxygen atoms in total. The molecule has 1 aliphatic heterocycles. The van der Waals surface area contributed by atoms with Crippen LogP contribution < -0.4 is 10.2 Å². The first-order chi connectivity index (χ1) is 20.0. The maximum atomic E-state index is 12.1. The number of nitrogens with one attached hydrogen (secondary N) is 1. The number of benzene rings is 1. The first-order valence-electron chi connectivity index (χ1n) is 13.4. The summed E-state index contributed by atoms with van der Waals surface area (Å²) < 4.78 is 12.1. The molecule has 0 aliphatic carbocycles. The van der Waals surface area contributed by atoms with Gasteiger partial charge < -0.3 is 19.7 Å². The molecule has 1 aromatic carbocycles. The van der Waals surface area contributed by atoms with Crippen molar-refractivity contribution in [3.63, 3.8) is 0 Å². The molecule has 12 heteroatoms. The third kappa shape index (κ3) is 6.47. The molecule has 0 saturated carbocycles. The van der Waals surface area contributed by atoms with Crippen LogP contribution in [0.1, 0.15) is 31.5 Å². The number of anilines is 2. The Morgan fingerprint density at radius 3 is 2.78 bits per heavy atom. The normalized spacial score (nSPS) is 15.2. The summed E-state index contributed by atoms with van der Waals surface area (Å²) in [7, 11) is 1.38. The van der Waals surface area contributed by atoms with Crippen LogP contribution in [0.5, 0.6) is 0 Å². The molecule has 5 rings (SSSR count). The minimum absolute atomic E-state index is 0.113. The average Bonchev–Trinajstić information content (AvgIpc) is 3.69. The summed E-state index contributed by atoms with van der Waals surface area (Å²) >= 11 is 0. The van der Waals surface area contributed by atoms with E-state index >= 15 is 0 Å². The van der Waals surface area contributed by atoms with Crippen LogP contribution in [0, 0.1) is 11.3 Å². The molecule has 4 heterocycles. The molecular formula is C29H31N9O3. The summed E-state index contributed by atoms with van der Waals surface area (Å²) in [6.45, 7) is 6.00. The zero-order valence-corrected chi connectivity index (χ0v) is 23.2. The summed E-state index contributed by atoms with van der Waals surface area (Å²) in [5.74, 6) is 0.811. The van der Waals surface area contributed by atoms with Gasteiger partial charge in [0.1, 0.15) is 17.6 Å². The van der Waals surface area contributed by atoms with E-state index < -0.39 is 6.04 Å². The van der Waals surface area contributed by atoms with E-state index in [1.54, 1.807) is 23.7 Å². The Morgan fingerprint density at radius 1 is 1.20 bits per heavy atom. The van der Waals surface area contributed by atoms with Gasteiger partial charge in [-0.1, -0.05) is 23.4 Å². The van der Waals surface area contributed by atoms with Gasteiger partial charge in [0.25, 0.3) is 0 Å². The van der Waals surface area contributed by atoms with Crippen molar-refractivity contribution in [3.05, 3.63) is 66.0 Å². The largest absolute Gasteiger partial charge is 0.467 e. The van der Waals surface area contributed by atoms with Crippen LogP contribution >= 0.6 is 0 Å². The summed E-state index contributed by atoms with van der Waals surface area (Å²) in [5.41, 5.74) is 3.93. The van der Waals surface area contributed by atoms with E-state index in [1.807, 2.05) is 54.4 Å².